The van der Waals surface area contributed by atoms with Gasteiger partial charge in [0.25, 0.3) is 0 Å². The van der Waals surface area contributed by atoms with Gasteiger partial charge in [-0.1, -0.05) is 38.8 Å². The molecule has 0 bridgehead atoms. The van der Waals surface area contributed by atoms with Crippen molar-refractivity contribution in [1.29, 1.82) is 0 Å². The lowest BCUT2D eigenvalue weighted by Crippen LogP contribution is -2.22. The molecule has 0 fully saturated rings. The highest BCUT2D eigenvalue weighted by molar-refractivity contribution is 6.32. The molecule has 4 heteroatoms. The van der Waals surface area contributed by atoms with Gasteiger partial charge in [0, 0.05) is 11.0 Å². The smallest absolute Gasteiger partial charge is 0.222 e. The maximum atomic E-state index is 6.20. The summed E-state index contributed by atoms with van der Waals surface area (Å²) in [6.07, 6.45) is 4.47. The van der Waals surface area contributed by atoms with Gasteiger partial charge in [0.2, 0.25) is 5.28 Å². The molecule has 2 rings (SSSR count). The van der Waals surface area contributed by atoms with E-state index in [0.29, 0.717) is 5.15 Å². The van der Waals surface area contributed by atoms with Gasteiger partial charge < -0.3 is 0 Å². The van der Waals surface area contributed by atoms with Gasteiger partial charge in [-0.3, -0.25) is 0 Å². The molecule has 1 aromatic rings. The minimum atomic E-state index is 0.0305. The highest BCUT2D eigenvalue weighted by Gasteiger charge is 2.33. The fourth-order valence-corrected chi connectivity index (χ4v) is 3.31. The molecule has 2 nitrogen and oxygen atoms in total. The molecule has 0 amide bonds. The van der Waals surface area contributed by atoms with Gasteiger partial charge in [-0.25, -0.2) is 9.97 Å². The van der Waals surface area contributed by atoms with Gasteiger partial charge in [0.15, 0.2) is 0 Å². The maximum absolute atomic E-state index is 6.20. The minimum Gasteiger partial charge on any atom is -0.222 e. The van der Waals surface area contributed by atoms with Crippen molar-refractivity contribution in [2.24, 2.45) is 5.92 Å². The van der Waals surface area contributed by atoms with Crippen LogP contribution in [0.15, 0.2) is 0 Å². The Morgan fingerprint density at radius 2 is 2.00 bits per heavy atom. The van der Waals surface area contributed by atoms with E-state index >= 15 is 0 Å². The van der Waals surface area contributed by atoms with Crippen LogP contribution in [0.2, 0.25) is 10.4 Å². The number of hydrogen-bond donors (Lipinski definition) is 0. The number of fused-ring (bicyclic) bond motifs is 1. The first-order chi connectivity index (χ1) is 7.94. The first-order valence-electron chi connectivity index (χ1n) is 6.16. The Morgan fingerprint density at radius 3 is 2.65 bits per heavy atom. The first kappa shape index (κ1) is 13.1. The number of nitrogens with zero attached hydrogens (tertiary/aromatic N) is 2. The largest absolute Gasteiger partial charge is 0.224 e. The van der Waals surface area contributed by atoms with Gasteiger partial charge in [-0.2, -0.15) is 0 Å². The molecule has 1 heterocycles. The second kappa shape index (κ2) is 4.74. The minimum absolute atomic E-state index is 0.0305. The normalized spacial score (nSPS) is 23.0. The Bertz CT molecular complexity index is 430. The number of rotatable bonds is 1. The first-order valence-corrected chi connectivity index (χ1v) is 6.92. The third kappa shape index (κ3) is 2.58. The molecule has 1 unspecified atom stereocenters. The SMILES string of the molecule is CCC1CCc2c(Cl)nc(Cl)nc2C(C)(C)C1. The average molecular weight is 273 g/mol. The summed E-state index contributed by atoms with van der Waals surface area (Å²) in [6.45, 7) is 6.69. The molecule has 94 valence electrons. The van der Waals surface area contributed by atoms with Crippen molar-refractivity contribution in [1.82, 2.24) is 9.97 Å². The highest BCUT2D eigenvalue weighted by Crippen LogP contribution is 2.40. The molecule has 0 radical (unpaired) electrons. The van der Waals surface area contributed by atoms with Crippen LogP contribution < -0.4 is 0 Å². The fourth-order valence-electron chi connectivity index (χ4n) is 2.83. The second-order valence-electron chi connectivity index (χ2n) is 5.51. The topological polar surface area (TPSA) is 25.8 Å². The molecule has 17 heavy (non-hydrogen) atoms. The molecular weight excluding hydrogens is 255 g/mol. The number of aromatic nitrogens is 2. The van der Waals surface area contributed by atoms with Crippen molar-refractivity contribution < 1.29 is 0 Å². The molecule has 1 atom stereocenters. The predicted octanol–water partition coefficient (Wildman–Crippen LogP) is 4.42. The fraction of sp³-hybridized carbons (Fsp3) is 0.692. The Kier molecular flexibility index (Phi) is 3.65. The van der Waals surface area contributed by atoms with E-state index in [1.807, 2.05) is 0 Å². The van der Waals surface area contributed by atoms with E-state index in [4.69, 9.17) is 23.2 Å². The van der Waals surface area contributed by atoms with E-state index in [0.717, 1.165) is 36.4 Å². The lowest BCUT2D eigenvalue weighted by Gasteiger charge is -2.27. The van der Waals surface area contributed by atoms with E-state index in [1.165, 1.54) is 6.42 Å². The lowest BCUT2D eigenvalue weighted by atomic mass is 9.80. The van der Waals surface area contributed by atoms with Gasteiger partial charge >= 0.3 is 0 Å². The van der Waals surface area contributed by atoms with Gasteiger partial charge in [-0.05, 0) is 36.8 Å². The Labute approximate surface area is 113 Å². The Hall–Kier alpha value is -0.340. The number of halogens is 2. The molecule has 0 saturated carbocycles. The zero-order valence-corrected chi connectivity index (χ0v) is 12.1. The van der Waals surface area contributed by atoms with Gasteiger partial charge in [-0.15, -0.1) is 0 Å². The van der Waals surface area contributed by atoms with Crippen LogP contribution in [-0.4, -0.2) is 9.97 Å². The molecule has 1 aliphatic carbocycles. The molecular formula is C13H18Cl2N2. The summed E-state index contributed by atoms with van der Waals surface area (Å²) in [5.41, 5.74) is 2.17. The quantitative estimate of drug-likeness (QED) is 0.430. The Balaban J connectivity index is 2.51. The van der Waals surface area contributed by atoms with Crippen LogP contribution in [0.25, 0.3) is 0 Å². The van der Waals surface area contributed by atoms with Crippen molar-refractivity contribution in [2.45, 2.75) is 51.9 Å². The molecule has 0 N–H and O–H groups in total. The summed E-state index contributed by atoms with van der Waals surface area (Å²) in [5, 5.41) is 0.793. The summed E-state index contributed by atoms with van der Waals surface area (Å²) in [7, 11) is 0. The predicted molar refractivity (Wildman–Crippen MR) is 71.8 cm³/mol. The van der Waals surface area contributed by atoms with Crippen LogP contribution in [-0.2, 0) is 11.8 Å². The standard InChI is InChI=1S/C13H18Cl2N2/c1-4-8-5-6-9-10(13(2,3)7-8)16-12(15)17-11(9)14/h8H,4-7H2,1-3H3. The monoisotopic (exact) mass is 272 g/mol. The van der Waals surface area contributed by atoms with Crippen LogP contribution in [0.1, 0.15) is 51.3 Å². The van der Waals surface area contributed by atoms with Crippen LogP contribution >= 0.6 is 23.2 Å². The van der Waals surface area contributed by atoms with Crippen molar-refractivity contribution >= 4 is 23.2 Å². The molecule has 0 aliphatic heterocycles. The van der Waals surface area contributed by atoms with Crippen molar-refractivity contribution in [3.8, 4) is 0 Å². The summed E-state index contributed by atoms with van der Waals surface area (Å²) >= 11 is 12.1. The zero-order valence-electron chi connectivity index (χ0n) is 10.6. The summed E-state index contributed by atoms with van der Waals surface area (Å²) in [6, 6.07) is 0. The van der Waals surface area contributed by atoms with E-state index in [1.54, 1.807) is 0 Å². The van der Waals surface area contributed by atoms with E-state index < -0.39 is 0 Å². The summed E-state index contributed by atoms with van der Waals surface area (Å²) in [4.78, 5) is 8.49. The summed E-state index contributed by atoms with van der Waals surface area (Å²) in [5.74, 6) is 0.731. The van der Waals surface area contributed by atoms with E-state index in [-0.39, 0.29) is 10.7 Å². The van der Waals surface area contributed by atoms with E-state index in [2.05, 4.69) is 30.7 Å². The van der Waals surface area contributed by atoms with Crippen LogP contribution in [0.4, 0.5) is 0 Å². The van der Waals surface area contributed by atoms with Gasteiger partial charge in [0.1, 0.15) is 5.15 Å². The Morgan fingerprint density at radius 1 is 1.29 bits per heavy atom. The lowest BCUT2D eigenvalue weighted by molar-refractivity contribution is 0.345. The average Bonchev–Trinajstić information content (AvgIpc) is 2.36. The van der Waals surface area contributed by atoms with Crippen molar-refractivity contribution in [3.63, 3.8) is 0 Å². The molecule has 1 aromatic heterocycles. The van der Waals surface area contributed by atoms with Gasteiger partial charge in [0.05, 0.1) is 5.69 Å². The van der Waals surface area contributed by atoms with E-state index in [9.17, 15) is 0 Å². The van der Waals surface area contributed by atoms with Crippen molar-refractivity contribution in [3.05, 3.63) is 21.7 Å². The number of hydrogen-bond acceptors (Lipinski definition) is 2. The molecule has 0 aromatic carbocycles. The van der Waals surface area contributed by atoms with Crippen LogP contribution in [0.3, 0.4) is 0 Å². The van der Waals surface area contributed by atoms with Crippen LogP contribution in [0, 0.1) is 5.92 Å². The van der Waals surface area contributed by atoms with Crippen molar-refractivity contribution in [2.75, 3.05) is 0 Å². The maximum Gasteiger partial charge on any atom is 0.224 e. The third-order valence-corrected chi connectivity index (χ3v) is 4.23. The third-order valence-electron chi connectivity index (χ3n) is 3.75. The molecule has 1 aliphatic rings. The van der Waals surface area contributed by atoms with Crippen LogP contribution in [0.5, 0.6) is 0 Å². The zero-order chi connectivity index (χ0) is 12.6. The summed E-state index contributed by atoms with van der Waals surface area (Å²) < 4.78 is 0. The second-order valence-corrected chi connectivity index (χ2v) is 6.21. The highest BCUT2D eigenvalue weighted by atomic mass is 35.5. The molecule has 0 saturated heterocycles. The molecule has 0 spiro atoms.